The van der Waals surface area contributed by atoms with Gasteiger partial charge in [-0.2, -0.15) is 0 Å². The van der Waals surface area contributed by atoms with Gasteiger partial charge < -0.3 is 13.9 Å². The number of rotatable bonds is 5. The van der Waals surface area contributed by atoms with Crippen molar-refractivity contribution in [1.29, 1.82) is 0 Å². The Morgan fingerprint density at radius 3 is 2.58 bits per heavy atom. The molecule has 0 bridgehead atoms. The second-order valence-electron chi connectivity index (χ2n) is 5.06. The van der Waals surface area contributed by atoms with Crippen molar-refractivity contribution in [2.45, 2.75) is 51.0 Å². The van der Waals surface area contributed by atoms with Crippen molar-refractivity contribution in [3.63, 3.8) is 0 Å². The highest BCUT2D eigenvalue weighted by Crippen LogP contribution is 2.43. The van der Waals surface area contributed by atoms with E-state index in [1.165, 1.54) is 20.0 Å². The van der Waals surface area contributed by atoms with Crippen LogP contribution in [0.15, 0.2) is 4.42 Å². The molecule has 1 aliphatic carbocycles. The summed E-state index contributed by atoms with van der Waals surface area (Å²) >= 11 is 0. The summed E-state index contributed by atoms with van der Waals surface area (Å²) in [6.07, 6.45) is 5.47. The predicted molar refractivity (Wildman–Crippen MR) is 69.0 cm³/mol. The molecule has 106 valence electrons. The highest BCUT2D eigenvalue weighted by Gasteiger charge is 2.39. The lowest BCUT2D eigenvalue weighted by Crippen LogP contribution is -2.21. The van der Waals surface area contributed by atoms with Crippen molar-refractivity contribution < 1.29 is 18.7 Å². The first-order valence-corrected chi connectivity index (χ1v) is 6.74. The van der Waals surface area contributed by atoms with E-state index in [-0.39, 0.29) is 17.8 Å². The van der Waals surface area contributed by atoms with Crippen molar-refractivity contribution >= 4 is 5.97 Å². The zero-order chi connectivity index (χ0) is 13.9. The fraction of sp³-hybridized carbons (Fsp3) is 0.714. The molecular formula is C14H21NO4. The van der Waals surface area contributed by atoms with Crippen molar-refractivity contribution in [2.24, 2.45) is 0 Å². The Balaban J connectivity index is 2.38. The average Bonchev–Trinajstić information content (AvgIpc) is 3.05. The van der Waals surface area contributed by atoms with Crippen molar-refractivity contribution in [3.8, 4) is 0 Å². The van der Waals surface area contributed by atoms with E-state index in [9.17, 15) is 4.79 Å². The molecule has 0 unspecified atom stereocenters. The molecule has 5 nitrogen and oxygen atoms in total. The highest BCUT2D eigenvalue weighted by atomic mass is 16.5. The molecular weight excluding hydrogens is 246 g/mol. The fourth-order valence-electron chi connectivity index (χ4n) is 2.84. The second-order valence-corrected chi connectivity index (χ2v) is 5.06. The number of methoxy groups -OCH3 is 2. The van der Waals surface area contributed by atoms with Crippen LogP contribution in [0.2, 0.25) is 0 Å². The Morgan fingerprint density at radius 1 is 1.37 bits per heavy atom. The smallest absolute Gasteiger partial charge is 0.376 e. The summed E-state index contributed by atoms with van der Waals surface area (Å²) in [6, 6.07) is 0. The van der Waals surface area contributed by atoms with E-state index in [0.29, 0.717) is 11.6 Å². The summed E-state index contributed by atoms with van der Waals surface area (Å²) < 4.78 is 15.5. The lowest BCUT2D eigenvalue weighted by atomic mass is 9.83. The van der Waals surface area contributed by atoms with Gasteiger partial charge in [-0.05, 0) is 19.3 Å². The molecule has 0 aliphatic heterocycles. The molecule has 0 aromatic carbocycles. The minimum atomic E-state index is -0.491. The third-order valence-corrected chi connectivity index (χ3v) is 4.04. The molecule has 1 aromatic rings. The van der Waals surface area contributed by atoms with Crippen molar-refractivity contribution in [2.75, 3.05) is 14.2 Å². The molecule has 0 atom stereocenters. The van der Waals surface area contributed by atoms with E-state index in [1.54, 1.807) is 7.11 Å². The number of esters is 1. The maximum Gasteiger partial charge on any atom is 0.376 e. The van der Waals surface area contributed by atoms with Crippen LogP contribution in [0.3, 0.4) is 0 Å². The summed E-state index contributed by atoms with van der Waals surface area (Å²) in [5.74, 6) is 0.356. The number of ether oxygens (including phenoxy) is 2. The Kier molecular flexibility index (Phi) is 4.24. The molecule has 1 fully saturated rings. The number of carbonyl (C=O) groups is 1. The molecule has 0 saturated heterocycles. The SMILES string of the molecule is CCC1(c2nc(COC)c(C(=O)OC)o2)CCCC1. The van der Waals surface area contributed by atoms with Crippen LogP contribution in [0.25, 0.3) is 0 Å². The van der Waals surface area contributed by atoms with Gasteiger partial charge in [0.2, 0.25) is 11.7 Å². The van der Waals surface area contributed by atoms with Crippen LogP contribution in [0, 0.1) is 0 Å². The van der Waals surface area contributed by atoms with E-state index in [1.807, 2.05) is 0 Å². The minimum absolute atomic E-state index is 0.0191. The quantitative estimate of drug-likeness (QED) is 0.768. The Morgan fingerprint density at radius 2 is 2.05 bits per heavy atom. The molecule has 5 heteroatoms. The number of hydrogen-bond acceptors (Lipinski definition) is 5. The zero-order valence-electron chi connectivity index (χ0n) is 11.8. The summed E-state index contributed by atoms with van der Waals surface area (Å²) in [6.45, 7) is 2.40. The standard InChI is InChI=1S/C14H21NO4/c1-4-14(7-5-6-8-14)13-15-10(9-17-2)11(19-13)12(16)18-3/h4-9H2,1-3H3. The first-order valence-electron chi connectivity index (χ1n) is 6.74. The Labute approximate surface area is 113 Å². The molecule has 0 spiro atoms. The normalized spacial score (nSPS) is 17.6. The van der Waals surface area contributed by atoms with Crippen LogP contribution in [-0.4, -0.2) is 25.2 Å². The number of hydrogen-bond donors (Lipinski definition) is 0. The van der Waals surface area contributed by atoms with Gasteiger partial charge in [-0.25, -0.2) is 9.78 Å². The van der Waals surface area contributed by atoms with Crippen LogP contribution >= 0.6 is 0 Å². The zero-order valence-corrected chi connectivity index (χ0v) is 11.8. The molecule has 1 aromatic heterocycles. The maximum absolute atomic E-state index is 11.7. The van der Waals surface area contributed by atoms with Crippen LogP contribution in [-0.2, 0) is 21.5 Å². The number of carbonyl (C=O) groups excluding carboxylic acids is 1. The minimum Gasteiger partial charge on any atom is -0.463 e. The third kappa shape index (κ3) is 2.52. The lowest BCUT2D eigenvalue weighted by Gasteiger charge is -2.22. The van der Waals surface area contributed by atoms with E-state index in [0.717, 1.165) is 19.3 Å². The van der Waals surface area contributed by atoms with Crippen molar-refractivity contribution in [1.82, 2.24) is 4.98 Å². The van der Waals surface area contributed by atoms with Gasteiger partial charge in [0.15, 0.2) is 0 Å². The second kappa shape index (κ2) is 5.74. The molecule has 19 heavy (non-hydrogen) atoms. The highest BCUT2D eigenvalue weighted by molar-refractivity contribution is 5.87. The van der Waals surface area contributed by atoms with Gasteiger partial charge >= 0.3 is 5.97 Å². The van der Waals surface area contributed by atoms with E-state index < -0.39 is 5.97 Å². The monoisotopic (exact) mass is 267 g/mol. The maximum atomic E-state index is 11.7. The topological polar surface area (TPSA) is 61.6 Å². The Hall–Kier alpha value is -1.36. The fourth-order valence-corrected chi connectivity index (χ4v) is 2.84. The molecule has 1 aliphatic rings. The predicted octanol–water partition coefficient (Wildman–Crippen LogP) is 2.83. The molecule has 0 N–H and O–H groups in total. The largest absolute Gasteiger partial charge is 0.463 e. The number of aromatic nitrogens is 1. The van der Waals surface area contributed by atoms with Crippen LogP contribution in [0.4, 0.5) is 0 Å². The summed E-state index contributed by atoms with van der Waals surface area (Å²) in [7, 11) is 2.91. The van der Waals surface area contributed by atoms with E-state index >= 15 is 0 Å². The van der Waals surface area contributed by atoms with Gasteiger partial charge in [-0.15, -0.1) is 0 Å². The van der Waals surface area contributed by atoms with Crippen LogP contribution < -0.4 is 0 Å². The van der Waals surface area contributed by atoms with Gasteiger partial charge in [0.25, 0.3) is 0 Å². The van der Waals surface area contributed by atoms with E-state index in [2.05, 4.69) is 11.9 Å². The number of nitrogens with zero attached hydrogens (tertiary/aromatic N) is 1. The summed E-state index contributed by atoms with van der Waals surface area (Å²) in [5, 5.41) is 0. The van der Waals surface area contributed by atoms with Gasteiger partial charge in [0.05, 0.1) is 13.7 Å². The molecule has 0 amide bonds. The van der Waals surface area contributed by atoms with Crippen LogP contribution in [0.5, 0.6) is 0 Å². The van der Waals surface area contributed by atoms with E-state index in [4.69, 9.17) is 13.9 Å². The first kappa shape index (κ1) is 14.1. The lowest BCUT2D eigenvalue weighted by molar-refractivity contribution is 0.0553. The average molecular weight is 267 g/mol. The van der Waals surface area contributed by atoms with Gasteiger partial charge in [0.1, 0.15) is 5.69 Å². The van der Waals surface area contributed by atoms with Crippen LogP contribution in [0.1, 0.15) is 61.2 Å². The van der Waals surface area contributed by atoms with Crippen molar-refractivity contribution in [3.05, 3.63) is 17.3 Å². The molecule has 0 radical (unpaired) electrons. The third-order valence-electron chi connectivity index (χ3n) is 4.04. The first-order chi connectivity index (χ1) is 9.16. The summed E-state index contributed by atoms with van der Waals surface area (Å²) in [4.78, 5) is 16.2. The molecule has 1 heterocycles. The summed E-state index contributed by atoms with van der Waals surface area (Å²) in [5.41, 5.74) is 0.512. The number of oxazole rings is 1. The van der Waals surface area contributed by atoms with Gasteiger partial charge in [0, 0.05) is 12.5 Å². The van der Waals surface area contributed by atoms with Gasteiger partial charge in [-0.1, -0.05) is 19.8 Å². The van der Waals surface area contributed by atoms with Gasteiger partial charge in [-0.3, -0.25) is 0 Å². The molecule has 1 saturated carbocycles. The Bertz CT molecular complexity index is 446. The molecule has 2 rings (SSSR count).